The van der Waals surface area contributed by atoms with Crippen LogP contribution in [0.5, 0.6) is 0 Å². The minimum Gasteiger partial charge on any atom is -0.388 e. The van der Waals surface area contributed by atoms with Gasteiger partial charge in [-0.2, -0.15) is 5.10 Å². The molecule has 0 saturated carbocycles. The van der Waals surface area contributed by atoms with Crippen molar-refractivity contribution in [3.8, 4) is 5.82 Å². The molecule has 0 radical (unpaired) electrons. The molecule has 0 spiro atoms. The van der Waals surface area contributed by atoms with Crippen molar-refractivity contribution in [3.63, 3.8) is 0 Å². The first-order valence-electron chi connectivity index (χ1n) is 5.17. The highest BCUT2D eigenvalue weighted by molar-refractivity contribution is 7.80. The number of nitrogens with zero attached hydrogens (tertiary/aromatic N) is 3. The van der Waals surface area contributed by atoms with E-state index >= 15 is 0 Å². The van der Waals surface area contributed by atoms with Gasteiger partial charge in [-0.1, -0.05) is 18.3 Å². The highest BCUT2D eigenvalue weighted by Crippen LogP contribution is 2.06. The quantitative estimate of drug-likeness (QED) is 0.774. The Balaban J connectivity index is 2.37. The molecule has 2 aromatic heterocycles. The largest absolute Gasteiger partial charge is 0.388 e. The van der Waals surface area contributed by atoms with Crippen molar-refractivity contribution in [2.45, 2.75) is 0 Å². The van der Waals surface area contributed by atoms with Gasteiger partial charge in [0.25, 0.3) is 5.91 Å². The Bertz CT molecular complexity index is 607. The molecule has 18 heavy (non-hydrogen) atoms. The van der Waals surface area contributed by atoms with Gasteiger partial charge in [-0.25, -0.2) is 9.67 Å². The first-order chi connectivity index (χ1) is 8.61. The molecule has 0 aliphatic rings. The molecule has 0 atom stereocenters. The van der Waals surface area contributed by atoms with Crippen LogP contribution in [0.4, 0.5) is 0 Å². The normalized spacial score (nSPS) is 10.1. The lowest BCUT2D eigenvalue weighted by molar-refractivity contribution is 0.0957. The lowest BCUT2D eigenvalue weighted by Crippen LogP contribution is -2.18. The fourth-order valence-corrected chi connectivity index (χ4v) is 1.50. The van der Waals surface area contributed by atoms with Crippen molar-refractivity contribution in [2.24, 2.45) is 5.73 Å². The van der Waals surface area contributed by atoms with Crippen LogP contribution in [0.2, 0.25) is 0 Å². The van der Waals surface area contributed by atoms with Crippen molar-refractivity contribution >= 4 is 23.1 Å². The predicted octanol–water partition coefficient (Wildman–Crippen LogP) is 0.261. The van der Waals surface area contributed by atoms with Gasteiger partial charge in [0, 0.05) is 13.2 Å². The summed E-state index contributed by atoms with van der Waals surface area (Å²) in [6.45, 7) is 0. The van der Waals surface area contributed by atoms with E-state index in [1.165, 1.54) is 4.68 Å². The predicted molar refractivity (Wildman–Crippen MR) is 70.6 cm³/mol. The number of amides is 1. The maximum atomic E-state index is 11.4. The molecule has 2 aromatic rings. The summed E-state index contributed by atoms with van der Waals surface area (Å²) in [5.74, 6) is 0.301. The molecule has 0 bridgehead atoms. The van der Waals surface area contributed by atoms with Crippen LogP contribution in [0.1, 0.15) is 16.2 Å². The smallest absolute Gasteiger partial charge is 0.271 e. The third-order valence-corrected chi connectivity index (χ3v) is 2.48. The number of hydrogen-bond acceptors (Lipinski definition) is 4. The summed E-state index contributed by atoms with van der Waals surface area (Å²) < 4.78 is 1.49. The van der Waals surface area contributed by atoms with E-state index in [-0.39, 0.29) is 10.9 Å². The third kappa shape index (κ3) is 2.35. The Morgan fingerprint density at radius 1 is 1.39 bits per heavy atom. The summed E-state index contributed by atoms with van der Waals surface area (Å²) in [5.41, 5.74) is 6.34. The highest BCUT2D eigenvalue weighted by atomic mass is 32.1. The average Bonchev–Trinajstić information content (AvgIpc) is 2.87. The summed E-state index contributed by atoms with van der Waals surface area (Å²) >= 11 is 4.86. The molecule has 0 saturated heterocycles. The third-order valence-electron chi connectivity index (χ3n) is 2.27. The molecule has 2 heterocycles. The molecule has 1 amide bonds. The number of carbonyl (C=O) groups is 1. The zero-order valence-electron chi connectivity index (χ0n) is 9.62. The fraction of sp³-hybridized carbons (Fsp3) is 0.0909. The van der Waals surface area contributed by atoms with Crippen LogP contribution < -0.4 is 11.1 Å². The van der Waals surface area contributed by atoms with Crippen LogP contribution >= 0.6 is 12.2 Å². The molecule has 0 aromatic carbocycles. The van der Waals surface area contributed by atoms with Crippen LogP contribution in [0.3, 0.4) is 0 Å². The maximum absolute atomic E-state index is 11.4. The van der Waals surface area contributed by atoms with Gasteiger partial charge < -0.3 is 11.1 Å². The van der Waals surface area contributed by atoms with E-state index in [4.69, 9.17) is 18.0 Å². The number of nitrogens with two attached hydrogens (primary N) is 1. The van der Waals surface area contributed by atoms with Gasteiger partial charge in [-0.15, -0.1) is 0 Å². The van der Waals surface area contributed by atoms with E-state index in [0.717, 1.165) is 0 Å². The van der Waals surface area contributed by atoms with E-state index in [0.29, 0.717) is 17.2 Å². The highest BCUT2D eigenvalue weighted by Gasteiger charge is 2.09. The number of pyridine rings is 1. The lowest BCUT2D eigenvalue weighted by Gasteiger charge is -2.02. The second-order valence-electron chi connectivity index (χ2n) is 3.47. The van der Waals surface area contributed by atoms with Gasteiger partial charge >= 0.3 is 0 Å². The Hall–Kier alpha value is -2.28. The number of rotatable bonds is 3. The SMILES string of the molecule is CNC(=O)c1ccn(-c2cccc(C(N)=S)n2)n1. The molecule has 7 heteroatoms. The number of aromatic nitrogens is 3. The average molecular weight is 261 g/mol. The topological polar surface area (TPSA) is 85.8 Å². The number of carbonyl (C=O) groups excluding carboxylic acids is 1. The second kappa shape index (κ2) is 4.92. The summed E-state index contributed by atoms with van der Waals surface area (Å²) in [6.07, 6.45) is 1.65. The minimum absolute atomic E-state index is 0.218. The summed E-state index contributed by atoms with van der Waals surface area (Å²) in [5, 5.41) is 6.61. The van der Waals surface area contributed by atoms with Crippen molar-refractivity contribution in [1.29, 1.82) is 0 Å². The van der Waals surface area contributed by atoms with Crippen molar-refractivity contribution in [2.75, 3.05) is 7.05 Å². The molecule has 2 rings (SSSR count). The van der Waals surface area contributed by atoms with Gasteiger partial charge in [-0.05, 0) is 18.2 Å². The summed E-state index contributed by atoms with van der Waals surface area (Å²) in [7, 11) is 1.55. The first-order valence-corrected chi connectivity index (χ1v) is 5.57. The minimum atomic E-state index is -0.251. The zero-order chi connectivity index (χ0) is 13.1. The van der Waals surface area contributed by atoms with Gasteiger partial charge in [0.1, 0.15) is 4.99 Å². The fourth-order valence-electron chi connectivity index (χ4n) is 1.39. The lowest BCUT2D eigenvalue weighted by atomic mass is 10.3. The molecule has 0 aliphatic heterocycles. The Kier molecular flexibility index (Phi) is 3.33. The number of thiocarbonyl (C=S) groups is 1. The van der Waals surface area contributed by atoms with Crippen LogP contribution in [0, 0.1) is 0 Å². The molecule has 0 aliphatic carbocycles. The Morgan fingerprint density at radius 3 is 2.83 bits per heavy atom. The van der Waals surface area contributed by atoms with Crippen LogP contribution in [0.15, 0.2) is 30.5 Å². The van der Waals surface area contributed by atoms with Crippen LogP contribution in [0.25, 0.3) is 5.82 Å². The molecule has 92 valence electrons. The van der Waals surface area contributed by atoms with Gasteiger partial charge in [0.05, 0.1) is 5.69 Å². The zero-order valence-corrected chi connectivity index (χ0v) is 10.4. The van der Waals surface area contributed by atoms with E-state index < -0.39 is 0 Å². The van der Waals surface area contributed by atoms with Crippen LogP contribution in [-0.4, -0.2) is 32.7 Å². The standard InChI is InChI=1S/C11H11N5OS/c1-13-11(17)8-5-6-16(15-8)9-4-2-3-7(14-9)10(12)18/h2-6H,1H3,(H2,12,18)(H,13,17). The van der Waals surface area contributed by atoms with Gasteiger partial charge in [-0.3, -0.25) is 4.79 Å². The van der Waals surface area contributed by atoms with Crippen molar-refractivity contribution < 1.29 is 4.79 Å². The molecular formula is C11H11N5OS. The molecule has 0 unspecified atom stereocenters. The van der Waals surface area contributed by atoms with E-state index in [9.17, 15) is 4.79 Å². The monoisotopic (exact) mass is 261 g/mol. The van der Waals surface area contributed by atoms with E-state index in [1.807, 2.05) is 0 Å². The van der Waals surface area contributed by atoms with Gasteiger partial charge in [0.15, 0.2) is 11.5 Å². The molecule has 3 N–H and O–H groups in total. The molecule has 6 nitrogen and oxygen atoms in total. The van der Waals surface area contributed by atoms with Crippen LogP contribution in [-0.2, 0) is 0 Å². The molecule has 0 fully saturated rings. The van der Waals surface area contributed by atoms with Crippen molar-refractivity contribution in [1.82, 2.24) is 20.1 Å². The molecular weight excluding hydrogens is 250 g/mol. The first kappa shape index (κ1) is 12.2. The van der Waals surface area contributed by atoms with Gasteiger partial charge in [0.2, 0.25) is 0 Å². The van der Waals surface area contributed by atoms with Crippen molar-refractivity contribution in [3.05, 3.63) is 41.9 Å². The second-order valence-corrected chi connectivity index (χ2v) is 3.91. The Morgan fingerprint density at radius 2 is 2.17 bits per heavy atom. The maximum Gasteiger partial charge on any atom is 0.271 e. The number of hydrogen-bond donors (Lipinski definition) is 2. The summed E-state index contributed by atoms with van der Waals surface area (Å²) in [6, 6.07) is 6.85. The van der Waals surface area contributed by atoms with E-state index in [2.05, 4.69) is 15.4 Å². The Labute approximate surface area is 109 Å². The summed E-state index contributed by atoms with van der Waals surface area (Å²) in [4.78, 5) is 15.8. The number of nitrogens with one attached hydrogen (secondary N) is 1. The van der Waals surface area contributed by atoms with E-state index in [1.54, 1.807) is 37.5 Å².